The summed E-state index contributed by atoms with van der Waals surface area (Å²) in [5.41, 5.74) is -2.19. The molecule has 1 aromatic rings. The van der Waals surface area contributed by atoms with Gasteiger partial charge >= 0.3 is 17.3 Å². The van der Waals surface area contributed by atoms with E-state index in [1.165, 1.54) is 0 Å². The molecule has 0 radical (unpaired) electrons. The number of hydrogen-bond donors (Lipinski definition) is 2. The summed E-state index contributed by atoms with van der Waals surface area (Å²) >= 11 is 0. The average molecular weight is 270 g/mol. The van der Waals surface area contributed by atoms with E-state index in [0.29, 0.717) is 12.1 Å². The summed E-state index contributed by atoms with van der Waals surface area (Å²) in [5.74, 6) is -4.20. The molecule has 0 aliphatic rings. The molecule has 0 aromatic heterocycles. The van der Waals surface area contributed by atoms with Gasteiger partial charge in [-0.3, -0.25) is 25.0 Å². The van der Waals surface area contributed by atoms with Gasteiger partial charge in [-0.1, -0.05) is 0 Å². The monoisotopic (exact) mass is 270 g/mol. The van der Waals surface area contributed by atoms with Gasteiger partial charge in [0.1, 0.15) is 0 Å². The van der Waals surface area contributed by atoms with Crippen LogP contribution in [0.5, 0.6) is 5.75 Å². The van der Waals surface area contributed by atoms with Crippen LogP contribution < -0.4 is 0 Å². The number of rotatable bonds is 5. The normalized spacial score (nSPS) is 9.89. The van der Waals surface area contributed by atoms with Crippen molar-refractivity contribution < 1.29 is 29.6 Å². The van der Waals surface area contributed by atoms with Gasteiger partial charge in [0.05, 0.1) is 9.85 Å². The first-order chi connectivity index (χ1) is 8.73. The molecule has 100 valence electrons. The Morgan fingerprint density at radius 1 is 1.11 bits per heavy atom. The number of aliphatic carboxylic acids is 1. The summed E-state index contributed by atoms with van der Waals surface area (Å²) in [6.45, 7) is 0. The van der Waals surface area contributed by atoms with Gasteiger partial charge in [-0.2, -0.15) is 0 Å². The first kappa shape index (κ1) is 14.0. The minimum Gasteiger partial charge on any atom is -0.497 e. The van der Waals surface area contributed by atoms with Crippen molar-refractivity contribution in [3.05, 3.63) is 37.9 Å². The Bertz CT molecular complexity index is 559. The average Bonchev–Trinajstić information content (AvgIpc) is 2.30. The first-order valence-electron chi connectivity index (χ1n) is 4.64. The van der Waals surface area contributed by atoms with Gasteiger partial charge in [0, 0.05) is 18.6 Å². The van der Waals surface area contributed by atoms with Crippen molar-refractivity contribution in [1.82, 2.24) is 0 Å². The Kier molecular flexibility index (Phi) is 3.75. The summed E-state index contributed by atoms with van der Waals surface area (Å²) in [7, 11) is 0. The summed E-state index contributed by atoms with van der Waals surface area (Å²) in [4.78, 5) is 40.3. The molecule has 0 aliphatic heterocycles. The second-order valence-corrected chi connectivity index (χ2v) is 3.40. The van der Waals surface area contributed by atoms with Crippen molar-refractivity contribution in [2.75, 3.05) is 0 Å². The highest BCUT2D eigenvalue weighted by Crippen LogP contribution is 2.36. The summed E-state index contributed by atoms with van der Waals surface area (Å²) in [6, 6.07) is 1.42. The van der Waals surface area contributed by atoms with Gasteiger partial charge in [-0.15, -0.1) is 0 Å². The number of aromatic hydroxyl groups is 1. The second-order valence-electron chi connectivity index (χ2n) is 3.40. The van der Waals surface area contributed by atoms with Crippen LogP contribution in [0.3, 0.4) is 0 Å². The van der Waals surface area contributed by atoms with E-state index in [1.54, 1.807) is 0 Å². The molecule has 0 saturated heterocycles. The Morgan fingerprint density at radius 2 is 1.53 bits per heavy atom. The highest BCUT2D eigenvalue weighted by molar-refractivity contribution is 6.33. The lowest BCUT2D eigenvalue weighted by atomic mass is 10.1. The molecule has 0 bridgehead atoms. The second kappa shape index (κ2) is 5.08. The molecule has 0 aliphatic carbocycles. The largest absolute Gasteiger partial charge is 0.497 e. The molecule has 1 aromatic carbocycles. The fraction of sp³-hybridized carbons (Fsp3) is 0.111. The lowest BCUT2D eigenvalue weighted by Crippen LogP contribution is -2.15. The van der Waals surface area contributed by atoms with Gasteiger partial charge in [0.15, 0.2) is 0 Å². The SMILES string of the molecule is O=C(O)C(=O)Cc1cc([N+](=O)[O-])c(O)c([N+](=O)[O-])c1. The fourth-order valence-electron chi connectivity index (χ4n) is 1.30. The smallest absolute Gasteiger partial charge is 0.372 e. The van der Waals surface area contributed by atoms with E-state index >= 15 is 0 Å². The Hall–Kier alpha value is -3.04. The molecule has 1 rings (SSSR count). The van der Waals surface area contributed by atoms with E-state index in [1.807, 2.05) is 0 Å². The standard InChI is InChI=1S/C9H6N2O8/c12-7(9(14)15)3-4-1-5(10(16)17)8(13)6(2-4)11(18)19/h1-2,13H,3H2,(H,14,15). The van der Waals surface area contributed by atoms with Gasteiger partial charge in [0.2, 0.25) is 5.78 Å². The Balaban J connectivity index is 3.34. The Labute approximate surface area is 104 Å². The zero-order chi connectivity index (χ0) is 14.7. The predicted octanol–water partition coefficient (Wildman–Crippen LogP) is 0.405. The van der Waals surface area contributed by atoms with Gasteiger partial charge in [-0.05, 0) is 5.56 Å². The quantitative estimate of drug-likeness (QED) is 0.441. The maximum Gasteiger partial charge on any atom is 0.372 e. The Morgan fingerprint density at radius 3 is 1.84 bits per heavy atom. The topological polar surface area (TPSA) is 161 Å². The number of hydrogen-bond acceptors (Lipinski definition) is 7. The van der Waals surface area contributed by atoms with Crippen LogP contribution in [0.25, 0.3) is 0 Å². The third kappa shape index (κ3) is 3.00. The number of phenolic OH excluding ortho intramolecular Hbond substituents is 1. The van der Waals surface area contributed by atoms with Crippen LogP contribution in [0.4, 0.5) is 11.4 Å². The number of phenols is 1. The van der Waals surface area contributed by atoms with Crippen molar-refractivity contribution in [3.63, 3.8) is 0 Å². The number of carboxylic acids is 1. The number of nitro groups is 2. The summed E-state index contributed by atoms with van der Waals surface area (Å²) in [5, 5.41) is 38.9. The minimum atomic E-state index is -1.77. The molecule has 0 amide bonds. The molecule has 10 heteroatoms. The molecule has 0 fully saturated rings. The maximum absolute atomic E-state index is 11.0. The molecule has 0 saturated carbocycles. The van der Waals surface area contributed by atoms with Crippen LogP contribution in [0.15, 0.2) is 12.1 Å². The van der Waals surface area contributed by atoms with Crippen molar-refractivity contribution >= 4 is 23.1 Å². The number of nitro benzene ring substituents is 2. The van der Waals surface area contributed by atoms with Crippen LogP contribution in [0.2, 0.25) is 0 Å². The van der Waals surface area contributed by atoms with Crippen LogP contribution in [-0.4, -0.2) is 31.8 Å². The van der Waals surface area contributed by atoms with Crippen molar-refractivity contribution in [3.8, 4) is 5.75 Å². The number of carboxylic acid groups (broad SMARTS) is 1. The van der Waals surface area contributed by atoms with E-state index in [-0.39, 0.29) is 5.56 Å². The number of Topliss-reactive ketones (excluding diaryl/α,β-unsaturated/α-hetero) is 1. The number of nitrogens with zero attached hydrogens (tertiary/aromatic N) is 2. The predicted molar refractivity (Wildman–Crippen MR) is 57.8 cm³/mol. The van der Waals surface area contributed by atoms with Crippen LogP contribution in [-0.2, 0) is 16.0 Å². The minimum absolute atomic E-state index is 0.247. The van der Waals surface area contributed by atoms with Crippen molar-refractivity contribution in [2.24, 2.45) is 0 Å². The third-order valence-corrected chi connectivity index (χ3v) is 2.13. The lowest BCUT2D eigenvalue weighted by molar-refractivity contribution is -0.396. The van der Waals surface area contributed by atoms with E-state index in [9.17, 15) is 34.9 Å². The summed E-state index contributed by atoms with van der Waals surface area (Å²) in [6.07, 6.45) is -0.753. The molecule has 2 N–H and O–H groups in total. The van der Waals surface area contributed by atoms with E-state index in [0.717, 1.165) is 0 Å². The molecule has 19 heavy (non-hydrogen) atoms. The molecule has 0 spiro atoms. The van der Waals surface area contributed by atoms with Crippen molar-refractivity contribution in [1.29, 1.82) is 0 Å². The molecule has 0 unspecified atom stereocenters. The van der Waals surface area contributed by atoms with Gasteiger partial charge < -0.3 is 10.2 Å². The van der Waals surface area contributed by atoms with Crippen LogP contribution in [0, 0.1) is 20.2 Å². The molecular weight excluding hydrogens is 264 g/mol. The molecular formula is C9H6N2O8. The lowest BCUT2D eigenvalue weighted by Gasteiger charge is -2.02. The number of carbonyl (C=O) groups excluding carboxylic acids is 1. The van der Waals surface area contributed by atoms with Gasteiger partial charge in [0.25, 0.3) is 5.75 Å². The molecule has 0 heterocycles. The van der Waals surface area contributed by atoms with E-state index in [4.69, 9.17) is 5.11 Å². The molecule has 0 atom stereocenters. The third-order valence-electron chi connectivity index (χ3n) is 2.13. The van der Waals surface area contributed by atoms with Gasteiger partial charge in [-0.25, -0.2) is 4.79 Å². The zero-order valence-electron chi connectivity index (χ0n) is 9.10. The highest BCUT2D eigenvalue weighted by atomic mass is 16.6. The van der Waals surface area contributed by atoms with E-state index < -0.39 is 45.1 Å². The number of carbonyl (C=O) groups is 2. The number of benzene rings is 1. The number of ketones is 1. The van der Waals surface area contributed by atoms with E-state index in [2.05, 4.69) is 0 Å². The zero-order valence-corrected chi connectivity index (χ0v) is 9.10. The van der Waals surface area contributed by atoms with Crippen LogP contribution in [0.1, 0.15) is 5.56 Å². The first-order valence-corrected chi connectivity index (χ1v) is 4.64. The van der Waals surface area contributed by atoms with Crippen molar-refractivity contribution in [2.45, 2.75) is 6.42 Å². The molecule has 10 nitrogen and oxygen atoms in total. The highest BCUT2D eigenvalue weighted by Gasteiger charge is 2.27. The maximum atomic E-state index is 11.0. The fourth-order valence-corrected chi connectivity index (χ4v) is 1.30. The summed E-state index contributed by atoms with van der Waals surface area (Å²) < 4.78 is 0. The van der Waals surface area contributed by atoms with Crippen LogP contribution >= 0.6 is 0 Å².